The third kappa shape index (κ3) is 4.50. The van der Waals surface area contributed by atoms with Gasteiger partial charge in [-0.15, -0.1) is 0 Å². The van der Waals surface area contributed by atoms with Crippen molar-refractivity contribution in [1.82, 2.24) is 5.32 Å². The SMILES string of the molecule is CC(C)(C)NC(=O)c1ccc2c(c1)N(CC(=O)c1ccc(F)cc1)C(=O)C(C)(C)O2. The maximum Gasteiger partial charge on any atom is 0.271 e. The number of nitrogens with zero attached hydrogens (tertiary/aromatic N) is 1. The van der Waals surface area contributed by atoms with Crippen molar-refractivity contribution in [3.63, 3.8) is 0 Å². The first-order chi connectivity index (χ1) is 13.9. The van der Waals surface area contributed by atoms with Gasteiger partial charge in [-0.05, 0) is 77.1 Å². The van der Waals surface area contributed by atoms with E-state index in [1.807, 2.05) is 20.8 Å². The molecule has 0 spiro atoms. The standard InChI is InChI=1S/C23H25FN2O4/c1-22(2,3)25-20(28)15-8-11-19-17(12-15)26(21(29)23(4,5)30-19)13-18(27)14-6-9-16(24)10-7-14/h6-12H,13H2,1-5H3,(H,25,28). The molecule has 0 bridgehead atoms. The Bertz CT molecular complexity index is 1010. The van der Waals surface area contributed by atoms with E-state index in [4.69, 9.17) is 4.74 Å². The molecule has 0 aliphatic carbocycles. The summed E-state index contributed by atoms with van der Waals surface area (Å²) in [7, 11) is 0. The van der Waals surface area contributed by atoms with Gasteiger partial charge < -0.3 is 10.1 Å². The van der Waals surface area contributed by atoms with Gasteiger partial charge in [-0.2, -0.15) is 0 Å². The number of rotatable bonds is 4. The Hall–Kier alpha value is -3.22. The van der Waals surface area contributed by atoms with Gasteiger partial charge in [0, 0.05) is 16.7 Å². The van der Waals surface area contributed by atoms with Crippen LogP contribution in [0.1, 0.15) is 55.3 Å². The van der Waals surface area contributed by atoms with Crippen molar-refractivity contribution < 1.29 is 23.5 Å². The van der Waals surface area contributed by atoms with E-state index in [0.29, 0.717) is 17.0 Å². The highest BCUT2D eigenvalue weighted by atomic mass is 19.1. The third-order valence-corrected chi connectivity index (χ3v) is 4.59. The van der Waals surface area contributed by atoms with E-state index < -0.39 is 22.9 Å². The molecule has 1 aliphatic heterocycles. The van der Waals surface area contributed by atoms with Crippen molar-refractivity contribution in [2.24, 2.45) is 0 Å². The average Bonchev–Trinajstić information content (AvgIpc) is 2.64. The molecule has 2 aromatic carbocycles. The van der Waals surface area contributed by atoms with Gasteiger partial charge in [-0.1, -0.05) is 0 Å². The number of hydrogen-bond acceptors (Lipinski definition) is 4. The van der Waals surface area contributed by atoms with Gasteiger partial charge in [0.05, 0.1) is 12.2 Å². The molecular formula is C23H25FN2O4. The number of amides is 2. The molecule has 2 amide bonds. The second-order valence-electron chi connectivity index (χ2n) is 8.82. The number of benzene rings is 2. The number of Topliss-reactive ketones (excluding diaryl/α,β-unsaturated/α-hetero) is 1. The van der Waals surface area contributed by atoms with Crippen LogP contribution < -0.4 is 15.0 Å². The Balaban J connectivity index is 1.97. The van der Waals surface area contributed by atoms with Gasteiger partial charge in [-0.3, -0.25) is 19.3 Å². The topological polar surface area (TPSA) is 75.7 Å². The van der Waals surface area contributed by atoms with Gasteiger partial charge in [0.15, 0.2) is 11.4 Å². The van der Waals surface area contributed by atoms with Gasteiger partial charge in [0.1, 0.15) is 11.6 Å². The highest BCUT2D eigenvalue weighted by Gasteiger charge is 2.42. The molecule has 7 heteroatoms. The smallest absolute Gasteiger partial charge is 0.271 e. The first-order valence-corrected chi connectivity index (χ1v) is 9.64. The van der Waals surface area contributed by atoms with Gasteiger partial charge in [0.2, 0.25) is 0 Å². The maximum absolute atomic E-state index is 13.2. The van der Waals surface area contributed by atoms with E-state index in [2.05, 4.69) is 5.32 Å². The van der Waals surface area contributed by atoms with Crippen molar-refractivity contribution in [3.05, 3.63) is 59.4 Å². The van der Waals surface area contributed by atoms with E-state index in [-0.39, 0.29) is 23.8 Å². The summed E-state index contributed by atoms with van der Waals surface area (Å²) in [5.41, 5.74) is -0.628. The molecule has 0 saturated heterocycles. The summed E-state index contributed by atoms with van der Waals surface area (Å²) in [4.78, 5) is 39.7. The predicted octanol–water partition coefficient (Wildman–Crippen LogP) is 3.74. The van der Waals surface area contributed by atoms with E-state index in [1.165, 1.54) is 29.2 Å². The van der Waals surface area contributed by atoms with Crippen LogP contribution in [0.25, 0.3) is 0 Å². The Morgan fingerprint density at radius 1 is 1.07 bits per heavy atom. The van der Waals surface area contributed by atoms with Crippen molar-refractivity contribution in [2.75, 3.05) is 11.4 Å². The number of ketones is 1. The highest BCUT2D eigenvalue weighted by Crippen LogP contribution is 2.38. The minimum Gasteiger partial charge on any atom is -0.476 e. The predicted molar refractivity (Wildman–Crippen MR) is 111 cm³/mol. The van der Waals surface area contributed by atoms with Crippen LogP contribution in [0.5, 0.6) is 5.75 Å². The largest absolute Gasteiger partial charge is 0.476 e. The van der Waals surface area contributed by atoms with Crippen LogP contribution >= 0.6 is 0 Å². The molecule has 1 heterocycles. The lowest BCUT2D eigenvalue weighted by Gasteiger charge is -2.38. The number of carbonyl (C=O) groups excluding carboxylic acids is 3. The minimum atomic E-state index is -1.18. The van der Waals surface area contributed by atoms with Gasteiger partial charge in [0.25, 0.3) is 11.8 Å². The number of hydrogen-bond donors (Lipinski definition) is 1. The number of nitrogens with one attached hydrogen (secondary N) is 1. The zero-order valence-corrected chi connectivity index (χ0v) is 17.7. The molecule has 158 valence electrons. The molecule has 6 nitrogen and oxygen atoms in total. The number of carbonyl (C=O) groups is 3. The third-order valence-electron chi connectivity index (χ3n) is 4.59. The molecular weight excluding hydrogens is 387 g/mol. The number of fused-ring (bicyclic) bond motifs is 1. The molecule has 3 rings (SSSR count). The maximum atomic E-state index is 13.2. The molecule has 30 heavy (non-hydrogen) atoms. The molecule has 1 N–H and O–H groups in total. The van der Waals surface area contributed by atoms with Gasteiger partial charge >= 0.3 is 0 Å². The van der Waals surface area contributed by atoms with Crippen LogP contribution in [0.3, 0.4) is 0 Å². The normalized spacial score (nSPS) is 15.3. The molecule has 0 atom stereocenters. The second kappa shape index (κ2) is 7.55. The van der Waals surface area contributed by atoms with Crippen LogP contribution in [0.4, 0.5) is 10.1 Å². The Morgan fingerprint density at radius 3 is 2.27 bits per heavy atom. The molecule has 0 saturated carbocycles. The van der Waals surface area contributed by atoms with Gasteiger partial charge in [-0.25, -0.2) is 4.39 Å². The molecule has 0 unspecified atom stereocenters. The van der Waals surface area contributed by atoms with Crippen LogP contribution in [0, 0.1) is 5.82 Å². The van der Waals surface area contributed by atoms with Crippen molar-refractivity contribution in [1.29, 1.82) is 0 Å². The van der Waals surface area contributed by atoms with Crippen LogP contribution in [0.15, 0.2) is 42.5 Å². The zero-order valence-electron chi connectivity index (χ0n) is 17.7. The van der Waals surface area contributed by atoms with Crippen molar-refractivity contribution in [2.45, 2.75) is 45.8 Å². The molecule has 0 radical (unpaired) electrons. The number of halogens is 1. The molecule has 0 aromatic heterocycles. The summed E-state index contributed by atoms with van der Waals surface area (Å²) in [6.45, 7) is 8.58. The van der Waals surface area contributed by atoms with Crippen molar-refractivity contribution in [3.8, 4) is 5.75 Å². The van der Waals surface area contributed by atoms with Crippen LogP contribution in [0.2, 0.25) is 0 Å². The second-order valence-corrected chi connectivity index (χ2v) is 8.82. The molecule has 1 aliphatic rings. The fourth-order valence-corrected chi connectivity index (χ4v) is 3.15. The van der Waals surface area contributed by atoms with E-state index in [0.717, 1.165) is 0 Å². The van der Waals surface area contributed by atoms with Crippen LogP contribution in [-0.2, 0) is 4.79 Å². The fourth-order valence-electron chi connectivity index (χ4n) is 3.15. The monoisotopic (exact) mass is 412 g/mol. The zero-order chi connectivity index (χ0) is 22.3. The lowest BCUT2D eigenvalue weighted by Crippen LogP contribution is -2.54. The average molecular weight is 412 g/mol. The summed E-state index contributed by atoms with van der Waals surface area (Å²) in [6.07, 6.45) is 0. The fraction of sp³-hybridized carbons (Fsp3) is 0.348. The lowest BCUT2D eigenvalue weighted by atomic mass is 10.0. The Kier molecular flexibility index (Phi) is 5.41. The Morgan fingerprint density at radius 2 is 1.67 bits per heavy atom. The highest BCUT2D eigenvalue weighted by molar-refractivity contribution is 6.10. The lowest BCUT2D eigenvalue weighted by molar-refractivity contribution is -0.132. The van der Waals surface area contributed by atoms with E-state index >= 15 is 0 Å². The molecule has 0 fully saturated rings. The van der Waals surface area contributed by atoms with Crippen molar-refractivity contribution >= 4 is 23.3 Å². The molecule has 2 aromatic rings. The summed E-state index contributed by atoms with van der Waals surface area (Å²) in [5, 5.41) is 2.87. The quantitative estimate of drug-likeness (QED) is 0.777. The summed E-state index contributed by atoms with van der Waals surface area (Å²) >= 11 is 0. The first-order valence-electron chi connectivity index (χ1n) is 9.64. The number of anilines is 1. The minimum absolute atomic E-state index is 0.255. The first kappa shape index (κ1) is 21.5. The Labute approximate surface area is 175 Å². The summed E-state index contributed by atoms with van der Waals surface area (Å²) in [6, 6.07) is 9.93. The van der Waals surface area contributed by atoms with E-state index in [9.17, 15) is 18.8 Å². The van der Waals surface area contributed by atoms with E-state index in [1.54, 1.807) is 32.0 Å². The summed E-state index contributed by atoms with van der Waals surface area (Å²) in [5.74, 6) is -1.10. The summed E-state index contributed by atoms with van der Waals surface area (Å²) < 4.78 is 19.0. The van der Waals surface area contributed by atoms with Crippen LogP contribution in [-0.4, -0.2) is 35.3 Å². The number of ether oxygens (including phenoxy) is 1.